The second-order valence-electron chi connectivity index (χ2n) is 3.52. The number of rotatable bonds is 4. The number of benzene rings is 1. The molecule has 1 heterocycles. The van der Waals surface area contributed by atoms with Crippen molar-refractivity contribution in [2.45, 2.75) is 6.54 Å². The SMILES string of the molecule is CNCc1cnc(-c2ccc(OC)cc2)[nH]1. The first-order valence-electron chi connectivity index (χ1n) is 5.16. The van der Waals surface area contributed by atoms with Crippen molar-refractivity contribution >= 4 is 0 Å². The molecular weight excluding hydrogens is 202 g/mol. The van der Waals surface area contributed by atoms with E-state index in [9.17, 15) is 0 Å². The van der Waals surface area contributed by atoms with Crippen molar-refractivity contribution in [3.63, 3.8) is 0 Å². The van der Waals surface area contributed by atoms with Gasteiger partial charge in [-0.1, -0.05) is 0 Å². The molecule has 16 heavy (non-hydrogen) atoms. The van der Waals surface area contributed by atoms with E-state index in [0.717, 1.165) is 29.4 Å². The molecule has 0 amide bonds. The highest BCUT2D eigenvalue weighted by Gasteiger charge is 2.02. The van der Waals surface area contributed by atoms with Crippen LogP contribution in [0, 0.1) is 0 Å². The lowest BCUT2D eigenvalue weighted by Crippen LogP contribution is -2.04. The Kier molecular flexibility index (Phi) is 3.22. The normalized spacial score (nSPS) is 10.4. The van der Waals surface area contributed by atoms with Crippen molar-refractivity contribution in [2.24, 2.45) is 0 Å². The van der Waals surface area contributed by atoms with Crippen LogP contribution in [0.25, 0.3) is 11.4 Å². The average Bonchev–Trinajstić information content (AvgIpc) is 2.78. The Balaban J connectivity index is 2.21. The second kappa shape index (κ2) is 4.81. The summed E-state index contributed by atoms with van der Waals surface area (Å²) in [5, 5.41) is 3.08. The predicted octanol–water partition coefficient (Wildman–Crippen LogP) is 1.80. The molecular formula is C12H15N3O. The first-order valence-corrected chi connectivity index (χ1v) is 5.16. The molecule has 0 atom stereocenters. The monoisotopic (exact) mass is 217 g/mol. The summed E-state index contributed by atoms with van der Waals surface area (Å²) >= 11 is 0. The summed E-state index contributed by atoms with van der Waals surface area (Å²) in [6.07, 6.45) is 1.84. The quantitative estimate of drug-likeness (QED) is 0.821. The number of hydrogen-bond acceptors (Lipinski definition) is 3. The van der Waals surface area contributed by atoms with E-state index in [1.807, 2.05) is 37.5 Å². The van der Waals surface area contributed by atoms with Crippen molar-refractivity contribution in [2.75, 3.05) is 14.2 Å². The third kappa shape index (κ3) is 2.23. The minimum atomic E-state index is 0.795. The van der Waals surface area contributed by atoms with Crippen molar-refractivity contribution in [1.29, 1.82) is 0 Å². The fourth-order valence-electron chi connectivity index (χ4n) is 1.53. The Morgan fingerprint density at radius 1 is 1.31 bits per heavy atom. The van der Waals surface area contributed by atoms with Gasteiger partial charge in [0.2, 0.25) is 0 Å². The highest BCUT2D eigenvalue weighted by Crippen LogP contribution is 2.19. The molecule has 2 aromatic rings. The summed E-state index contributed by atoms with van der Waals surface area (Å²) in [5.74, 6) is 1.73. The van der Waals surface area contributed by atoms with Crippen LogP contribution in [-0.2, 0) is 6.54 Å². The minimum absolute atomic E-state index is 0.795. The Bertz CT molecular complexity index is 448. The van der Waals surface area contributed by atoms with Crippen molar-refractivity contribution in [3.05, 3.63) is 36.2 Å². The maximum atomic E-state index is 5.11. The van der Waals surface area contributed by atoms with Gasteiger partial charge in [0.05, 0.1) is 7.11 Å². The summed E-state index contributed by atoms with van der Waals surface area (Å²) in [6.45, 7) is 0.795. The maximum Gasteiger partial charge on any atom is 0.137 e. The van der Waals surface area contributed by atoms with E-state index in [-0.39, 0.29) is 0 Å². The molecule has 4 nitrogen and oxygen atoms in total. The van der Waals surface area contributed by atoms with Crippen LogP contribution in [0.2, 0.25) is 0 Å². The summed E-state index contributed by atoms with van der Waals surface area (Å²) in [5.41, 5.74) is 2.14. The van der Waals surface area contributed by atoms with Crippen LogP contribution >= 0.6 is 0 Å². The predicted molar refractivity (Wildman–Crippen MR) is 63.3 cm³/mol. The largest absolute Gasteiger partial charge is 0.497 e. The molecule has 0 unspecified atom stereocenters. The smallest absolute Gasteiger partial charge is 0.137 e. The van der Waals surface area contributed by atoms with Gasteiger partial charge in [0.1, 0.15) is 11.6 Å². The van der Waals surface area contributed by atoms with Gasteiger partial charge in [-0.15, -0.1) is 0 Å². The Labute approximate surface area is 94.7 Å². The van der Waals surface area contributed by atoms with Gasteiger partial charge in [0, 0.05) is 24.0 Å². The number of hydrogen-bond donors (Lipinski definition) is 2. The van der Waals surface area contributed by atoms with Crippen LogP contribution in [0.3, 0.4) is 0 Å². The van der Waals surface area contributed by atoms with E-state index in [0.29, 0.717) is 0 Å². The number of H-pyrrole nitrogens is 1. The van der Waals surface area contributed by atoms with Crippen LogP contribution in [0.1, 0.15) is 5.69 Å². The molecule has 0 aliphatic heterocycles. The minimum Gasteiger partial charge on any atom is -0.497 e. The van der Waals surface area contributed by atoms with Gasteiger partial charge in [0.25, 0.3) is 0 Å². The number of nitrogens with zero attached hydrogens (tertiary/aromatic N) is 1. The summed E-state index contributed by atoms with van der Waals surface area (Å²) in [6, 6.07) is 7.83. The van der Waals surface area contributed by atoms with E-state index in [2.05, 4.69) is 15.3 Å². The van der Waals surface area contributed by atoms with Gasteiger partial charge in [-0.2, -0.15) is 0 Å². The number of ether oxygens (including phenoxy) is 1. The fourth-order valence-corrected chi connectivity index (χ4v) is 1.53. The van der Waals surface area contributed by atoms with Gasteiger partial charge < -0.3 is 15.0 Å². The third-order valence-electron chi connectivity index (χ3n) is 2.36. The Hall–Kier alpha value is -1.81. The Morgan fingerprint density at radius 2 is 2.06 bits per heavy atom. The lowest BCUT2D eigenvalue weighted by Gasteiger charge is -2.00. The molecule has 0 radical (unpaired) electrons. The van der Waals surface area contributed by atoms with E-state index < -0.39 is 0 Å². The second-order valence-corrected chi connectivity index (χ2v) is 3.52. The van der Waals surface area contributed by atoms with E-state index in [1.54, 1.807) is 7.11 Å². The molecule has 0 spiro atoms. The van der Waals surface area contributed by atoms with Gasteiger partial charge in [-0.25, -0.2) is 4.98 Å². The maximum absolute atomic E-state index is 5.11. The molecule has 2 N–H and O–H groups in total. The van der Waals surface area contributed by atoms with Crippen molar-refractivity contribution < 1.29 is 4.74 Å². The average molecular weight is 217 g/mol. The number of methoxy groups -OCH3 is 1. The first kappa shape index (κ1) is 10.7. The number of nitrogens with one attached hydrogen (secondary N) is 2. The van der Waals surface area contributed by atoms with Crippen molar-refractivity contribution in [3.8, 4) is 17.1 Å². The molecule has 0 bridgehead atoms. The highest BCUT2D eigenvalue weighted by atomic mass is 16.5. The molecule has 1 aromatic carbocycles. The molecule has 4 heteroatoms. The third-order valence-corrected chi connectivity index (χ3v) is 2.36. The topological polar surface area (TPSA) is 49.9 Å². The van der Waals surface area contributed by atoms with E-state index >= 15 is 0 Å². The standard InChI is InChI=1S/C12H15N3O/c1-13-7-10-8-14-12(15-10)9-3-5-11(16-2)6-4-9/h3-6,8,13H,7H2,1-2H3,(H,14,15). The zero-order valence-electron chi connectivity index (χ0n) is 9.45. The van der Waals surface area contributed by atoms with Crippen LogP contribution in [-0.4, -0.2) is 24.1 Å². The summed E-state index contributed by atoms with van der Waals surface area (Å²) < 4.78 is 5.11. The van der Waals surface area contributed by atoms with Crippen LogP contribution in [0.15, 0.2) is 30.5 Å². The van der Waals surface area contributed by atoms with Gasteiger partial charge in [-0.3, -0.25) is 0 Å². The van der Waals surface area contributed by atoms with Crippen LogP contribution in [0.4, 0.5) is 0 Å². The molecule has 2 rings (SSSR count). The zero-order valence-corrected chi connectivity index (χ0v) is 9.45. The van der Waals surface area contributed by atoms with Gasteiger partial charge in [-0.05, 0) is 31.3 Å². The molecule has 0 aliphatic carbocycles. The number of aromatic nitrogens is 2. The summed E-state index contributed by atoms with van der Waals surface area (Å²) in [7, 11) is 3.57. The molecule has 0 fully saturated rings. The van der Waals surface area contributed by atoms with E-state index in [1.165, 1.54) is 0 Å². The fraction of sp³-hybridized carbons (Fsp3) is 0.250. The molecule has 0 saturated carbocycles. The number of imidazole rings is 1. The number of aromatic amines is 1. The van der Waals surface area contributed by atoms with Crippen LogP contribution in [0.5, 0.6) is 5.75 Å². The summed E-state index contributed by atoms with van der Waals surface area (Å²) in [4.78, 5) is 7.58. The van der Waals surface area contributed by atoms with Crippen LogP contribution < -0.4 is 10.1 Å². The Morgan fingerprint density at radius 3 is 2.69 bits per heavy atom. The molecule has 0 saturated heterocycles. The molecule has 84 valence electrons. The lowest BCUT2D eigenvalue weighted by molar-refractivity contribution is 0.415. The van der Waals surface area contributed by atoms with E-state index in [4.69, 9.17) is 4.74 Å². The van der Waals surface area contributed by atoms with Crippen molar-refractivity contribution in [1.82, 2.24) is 15.3 Å². The lowest BCUT2D eigenvalue weighted by atomic mass is 10.2. The first-order chi connectivity index (χ1) is 7.83. The van der Waals surface area contributed by atoms with Gasteiger partial charge in [0.15, 0.2) is 0 Å². The zero-order chi connectivity index (χ0) is 11.4. The highest BCUT2D eigenvalue weighted by molar-refractivity contribution is 5.56. The molecule has 1 aromatic heterocycles. The molecule has 0 aliphatic rings. The van der Waals surface area contributed by atoms with Gasteiger partial charge >= 0.3 is 0 Å².